The first kappa shape index (κ1) is 25.0. The number of imidazole rings is 1. The van der Waals surface area contributed by atoms with Gasteiger partial charge in [0.25, 0.3) is 5.56 Å². The Morgan fingerprint density at radius 1 is 1.26 bits per heavy atom. The maximum absolute atomic E-state index is 13.5. The summed E-state index contributed by atoms with van der Waals surface area (Å²) in [4.78, 5) is 36.3. The van der Waals surface area contributed by atoms with Gasteiger partial charge in [0.05, 0.1) is 26.6 Å². The molecule has 4 atom stereocenters. The highest BCUT2D eigenvalue weighted by Crippen LogP contribution is 2.34. The Balaban J connectivity index is 1.73. The SMILES string of the molecule is CC[Si](CC)(CC)c1ccccc1C(=O)O[C@@H]1[C@H](O)[C@@H](CO)O[C@H]1n1cnc2c(=O)[nH]c(N)nc21. The fourth-order valence-electron chi connectivity index (χ4n) is 4.98. The zero-order valence-electron chi connectivity index (χ0n) is 20.0. The van der Waals surface area contributed by atoms with Gasteiger partial charge in [-0.05, 0) is 11.3 Å². The summed E-state index contributed by atoms with van der Waals surface area (Å²) in [6, 6.07) is 10.4. The largest absolute Gasteiger partial charge is 0.451 e. The zero-order chi connectivity index (χ0) is 25.3. The topological polar surface area (TPSA) is 166 Å². The number of aliphatic hydroxyl groups is 2. The van der Waals surface area contributed by atoms with E-state index in [0.717, 1.165) is 23.3 Å². The molecule has 1 saturated heterocycles. The van der Waals surface area contributed by atoms with Crippen LogP contribution in [0.5, 0.6) is 0 Å². The number of benzene rings is 1. The number of aliphatic hydroxyl groups excluding tert-OH is 2. The van der Waals surface area contributed by atoms with Crippen LogP contribution in [0, 0.1) is 0 Å². The van der Waals surface area contributed by atoms with E-state index >= 15 is 0 Å². The number of carbonyl (C=O) groups is 1. The zero-order valence-corrected chi connectivity index (χ0v) is 21.0. The molecule has 3 aromatic rings. The highest BCUT2D eigenvalue weighted by molar-refractivity contribution is 6.92. The smallest absolute Gasteiger partial charge is 0.338 e. The maximum atomic E-state index is 13.5. The molecule has 0 bridgehead atoms. The number of anilines is 1. The molecule has 4 rings (SSSR count). The maximum Gasteiger partial charge on any atom is 0.338 e. The molecule has 3 heterocycles. The minimum atomic E-state index is -1.92. The minimum absolute atomic E-state index is 0.0183. The van der Waals surface area contributed by atoms with Crippen LogP contribution in [-0.4, -0.2) is 68.7 Å². The van der Waals surface area contributed by atoms with Crippen molar-refractivity contribution in [3.8, 4) is 0 Å². The van der Waals surface area contributed by atoms with E-state index in [2.05, 4.69) is 35.7 Å². The Morgan fingerprint density at radius 2 is 1.94 bits per heavy atom. The first-order valence-electron chi connectivity index (χ1n) is 11.8. The molecule has 0 radical (unpaired) electrons. The molecule has 12 heteroatoms. The number of aromatic amines is 1. The van der Waals surface area contributed by atoms with E-state index in [4.69, 9.17) is 15.2 Å². The average molecular weight is 502 g/mol. The van der Waals surface area contributed by atoms with E-state index in [-0.39, 0.29) is 17.1 Å². The predicted octanol–water partition coefficient (Wildman–Crippen LogP) is 0.894. The van der Waals surface area contributed by atoms with Gasteiger partial charge in [-0.1, -0.05) is 57.1 Å². The van der Waals surface area contributed by atoms with Crippen molar-refractivity contribution >= 4 is 36.3 Å². The van der Waals surface area contributed by atoms with Crippen LogP contribution in [-0.2, 0) is 9.47 Å². The van der Waals surface area contributed by atoms with Gasteiger partial charge in [-0.3, -0.25) is 14.3 Å². The third-order valence-electron chi connectivity index (χ3n) is 7.21. The van der Waals surface area contributed by atoms with Gasteiger partial charge in [0.15, 0.2) is 23.5 Å². The van der Waals surface area contributed by atoms with Crippen molar-refractivity contribution in [3.63, 3.8) is 0 Å². The molecule has 1 aromatic carbocycles. The lowest BCUT2D eigenvalue weighted by Crippen LogP contribution is -2.49. The van der Waals surface area contributed by atoms with Crippen molar-refractivity contribution < 1.29 is 24.5 Å². The number of nitrogens with one attached hydrogen (secondary N) is 1. The van der Waals surface area contributed by atoms with Crippen LogP contribution in [0.1, 0.15) is 37.4 Å². The fraction of sp³-hybridized carbons (Fsp3) is 0.478. The van der Waals surface area contributed by atoms with Crippen LogP contribution in [0.4, 0.5) is 5.95 Å². The van der Waals surface area contributed by atoms with Crippen LogP contribution in [0.25, 0.3) is 11.2 Å². The van der Waals surface area contributed by atoms with Crippen molar-refractivity contribution in [2.45, 2.75) is 63.4 Å². The lowest BCUT2D eigenvalue weighted by molar-refractivity contribution is -0.0564. The van der Waals surface area contributed by atoms with Gasteiger partial charge < -0.3 is 25.4 Å². The number of nitrogen functional groups attached to an aromatic ring is 1. The molecule has 1 fully saturated rings. The van der Waals surface area contributed by atoms with E-state index < -0.39 is 50.7 Å². The van der Waals surface area contributed by atoms with Gasteiger partial charge in [0.2, 0.25) is 5.95 Å². The molecule has 0 aliphatic carbocycles. The molecule has 35 heavy (non-hydrogen) atoms. The van der Waals surface area contributed by atoms with E-state index in [1.807, 2.05) is 12.1 Å². The molecule has 188 valence electrons. The molecule has 0 unspecified atom stereocenters. The number of aromatic nitrogens is 4. The first-order chi connectivity index (χ1) is 16.8. The lowest BCUT2D eigenvalue weighted by Gasteiger charge is -2.31. The molecule has 11 nitrogen and oxygen atoms in total. The van der Waals surface area contributed by atoms with Gasteiger partial charge in [-0.15, -0.1) is 0 Å². The third-order valence-corrected chi connectivity index (χ3v) is 12.8. The number of rotatable bonds is 8. The fourth-order valence-corrected chi connectivity index (χ4v) is 8.83. The Labute approximate surface area is 202 Å². The summed E-state index contributed by atoms with van der Waals surface area (Å²) >= 11 is 0. The normalized spacial score (nSPS) is 22.5. The monoisotopic (exact) mass is 501 g/mol. The molecule has 0 saturated carbocycles. The van der Waals surface area contributed by atoms with Crippen molar-refractivity contribution in [1.82, 2.24) is 19.5 Å². The summed E-state index contributed by atoms with van der Waals surface area (Å²) in [6.45, 7) is 5.97. The van der Waals surface area contributed by atoms with Gasteiger partial charge in [-0.2, -0.15) is 4.98 Å². The highest BCUT2D eigenvalue weighted by Gasteiger charge is 2.48. The summed E-state index contributed by atoms with van der Waals surface area (Å²) in [5.41, 5.74) is 5.76. The summed E-state index contributed by atoms with van der Waals surface area (Å²) < 4.78 is 13.1. The highest BCUT2D eigenvalue weighted by atomic mass is 28.3. The van der Waals surface area contributed by atoms with E-state index in [9.17, 15) is 19.8 Å². The third kappa shape index (κ3) is 4.26. The molecular formula is C23H31N5O6Si. The van der Waals surface area contributed by atoms with Gasteiger partial charge in [0, 0.05) is 0 Å². The van der Waals surface area contributed by atoms with Crippen LogP contribution < -0.4 is 16.5 Å². The number of nitrogens with two attached hydrogens (primary N) is 1. The Hall–Kier alpha value is -3.06. The van der Waals surface area contributed by atoms with Gasteiger partial charge in [0.1, 0.15) is 12.2 Å². The van der Waals surface area contributed by atoms with Crippen molar-refractivity contribution in [3.05, 3.63) is 46.5 Å². The van der Waals surface area contributed by atoms with Gasteiger partial charge >= 0.3 is 5.97 Å². The summed E-state index contributed by atoms with van der Waals surface area (Å²) in [6.07, 6.45) is -3.29. The summed E-state index contributed by atoms with van der Waals surface area (Å²) in [5.74, 6) is -0.706. The standard InChI is InChI=1S/C23H31N5O6Si/c1-4-35(5-2,6-3)15-10-8-7-9-13(15)22(32)34-18-17(30)14(11-29)33-21(18)28-12-25-16-19(28)26-23(24)27-20(16)31/h7-10,12,14,17-18,21,29-30H,4-6,11H2,1-3H3,(H3,24,26,27,31)/t14-,17-,18-,21-/m1/s1. The van der Waals surface area contributed by atoms with E-state index in [0.29, 0.717) is 5.56 Å². The molecule has 1 aliphatic heterocycles. The molecule has 1 aliphatic rings. The Kier molecular flexibility index (Phi) is 7.08. The quantitative estimate of drug-likeness (QED) is 0.259. The first-order valence-corrected chi connectivity index (χ1v) is 14.4. The minimum Gasteiger partial charge on any atom is -0.451 e. The second kappa shape index (κ2) is 9.89. The number of hydrogen-bond acceptors (Lipinski definition) is 9. The Morgan fingerprint density at radius 3 is 2.60 bits per heavy atom. The molecule has 5 N–H and O–H groups in total. The predicted molar refractivity (Wildman–Crippen MR) is 132 cm³/mol. The number of esters is 1. The van der Waals surface area contributed by atoms with Crippen LogP contribution in [0.15, 0.2) is 35.4 Å². The van der Waals surface area contributed by atoms with Crippen molar-refractivity contribution in [1.29, 1.82) is 0 Å². The van der Waals surface area contributed by atoms with Crippen LogP contribution >= 0.6 is 0 Å². The van der Waals surface area contributed by atoms with Crippen LogP contribution in [0.3, 0.4) is 0 Å². The van der Waals surface area contributed by atoms with E-state index in [1.54, 1.807) is 12.1 Å². The summed E-state index contributed by atoms with van der Waals surface area (Å²) in [7, 11) is -1.92. The average Bonchev–Trinajstić information content (AvgIpc) is 3.41. The molecule has 0 spiro atoms. The lowest BCUT2D eigenvalue weighted by atomic mass is 10.1. The second-order valence-corrected chi connectivity index (χ2v) is 14.0. The van der Waals surface area contributed by atoms with Crippen LogP contribution in [0.2, 0.25) is 18.1 Å². The number of fused-ring (bicyclic) bond motifs is 1. The second-order valence-electron chi connectivity index (χ2n) is 8.77. The van der Waals surface area contributed by atoms with Gasteiger partial charge in [-0.25, -0.2) is 9.78 Å². The summed E-state index contributed by atoms with van der Waals surface area (Å²) in [5, 5.41) is 21.6. The Bertz CT molecular complexity index is 1260. The van der Waals surface area contributed by atoms with Crippen molar-refractivity contribution in [2.75, 3.05) is 12.3 Å². The van der Waals surface area contributed by atoms with Crippen molar-refractivity contribution in [2.24, 2.45) is 0 Å². The molecular weight excluding hydrogens is 470 g/mol. The van der Waals surface area contributed by atoms with E-state index in [1.165, 1.54) is 10.9 Å². The number of hydrogen-bond donors (Lipinski definition) is 4. The number of H-pyrrole nitrogens is 1. The number of nitrogens with zero attached hydrogens (tertiary/aromatic N) is 3. The molecule has 2 aromatic heterocycles. The number of carbonyl (C=O) groups excluding carboxylic acids is 1. The molecule has 0 amide bonds. The number of ether oxygens (including phenoxy) is 2.